The zero-order chi connectivity index (χ0) is 16.1. The molecule has 0 saturated carbocycles. The second-order valence-corrected chi connectivity index (χ2v) is 5.42. The predicted octanol–water partition coefficient (Wildman–Crippen LogP) is 1.62. The summed E-state index contributed by atoms with van der Waals surface area (Å²) in [7, 11) is 1.60. The summed E-state index contributed by atoms with van der Waals surface area (Å²) < 4.78 is 5.37. The van der Waals surface area contributed by atoms with Crippen molar-refractivity contribution in [2.24, 2.45) is 5.92 Å². The Morgan fingerprint density at radius 3 is 2.68 bits per heavy atom. The average Bonchev–Trinajstić information content (AvgIpc) is 2.92. The molecular formula is C15H20N4O3. The van der Waals surface area contributed by atoms with E-state index in [0.717, 1.165) is 12.0 Å². The van der Waals surface area contributed by atoms with E-state index < -0.39 is 11.6 Å². The first kappa shape index (κ1) is 15.8. The summed E-state index contributed by atoms with van der Waals surface area (Å²) in [6.45, 7) is 4.15. The summed E-state index contributed by atoms with van der Waals surface area (Å²) in [5, 5.41) is 8.72. The highest BCUT2D eigenvalue weighted by molar-refractivity contribution is 5.90. The molecule has 0 saturated heterocycles. The lowest BCUT2D eigenvalue weighted by Gasteiger charge is -2.22. The Kier molecular flexibility index (Phi) is 4.98. The van der Waals surface area contributed by atoms with E-state index in [-0.39, 0.29) is 11.9 Å². The number of aromatic nitrogens is 3. The molecule has 0 fully saturated rings. The highest BCUT2D eigenvalue weighted by Gasteiger charge is 2.21. The highest BCUT2D eigenvalue weighted by atomic mass is 16.5. The maximum absolute atomic E-state index is 12.2. The molecule has 0 aliphatic rings. The fourth-order valence-electron chi connectivity index (χ4n) is 2.29. The minimum Gasteiger partial charge on any atom is -0.496 e. The molecule has 22 heavy (non-hydrogen) atoms. The minimum absolute atomic E-state index is 0.0337. The lowest BCUT2D eigenvalue weighted by Crippen LogP contribution is -2.30. The monoisotopic (exact) mass is 304 g/mol. The van der Waals surface area contributed by atoms with Crippen LogP contribution in [0.25, 0.3) is 0 Å². The summed E-state index contributed by atoms with van der Waals surface area (Å²) in [6.07, 6.45) is 0.737. The van der Waals surface area contributed by atoms with Gasteiger partial charge in [0.25, 0.3) is 5.91 Å². The molecule has 0 aliphatic carbocycles. The van der Waals surface area contributed by atoms with Gasteiger partial charge in [-0.15, -0.1) is 5.10 Å². The Morgan fingerprint density at radius 1 is 1.36 bits per heavy atom. The zero-order valence-corrected chi connectivity index (χ0v) is 12.8. The van der Waals surface area contributed by atoms with Gasteiger partial charge in [-0.3, -0.25) is 9.78 Å². The Morgan fingerprint density at radius 2 is 2.09 bits per heavy atom. The molecule has 1 heterocycles. The number of ether oxygens (including phenoxy) is 1. The number of carbonyl (C=O) groups is 1. The van der Waals surface area contributed by atoms with Crippen LogP contribution in [0, 0.1) is 5.92 Å². The number of H-pyrrole nitrogens is 2. The van der Waals surface area contributed by atoms with Gasteiger partial charge < -0.3 is 10.1 Å². The van der Waals surface area contributed by atoms with Gasteiger partial charge >= 0.3 is 5.69 Å². The van der Waals surface area contributed by atoms with E-state index >= 15 is 0 Å². The van der Waals surface area contributed by atoms with E-state index in [9.17, 15) is 9.59 Å². The molecule has 0 spiro atoms. The molecule has 7 nitrogen and oxygen atoms in total. The number of methoxy groups -OCH3 is 1. The Balaban J connectivity index is 2.26. The summed E-state index contributed by atoms with van der Waals surface area (Å²) in [5.41, 5.74) is 0.382. The average molecular weight is 304 g/mol. The number of para-hydroxylation sites is 1. The first-order chi connectivity index (χ1) is 10.5. The van der Waals surface area contributed by atoms with Crippen LogP contribution in [0.3, 0.4) is 0 Å². The third-order valence-corrected chi connectivity index (χ3v) is 3.24. The van der Waals surface area contributed by atoms with Gasteiger partial charge in [-0.2, -0.15) is 0 Å². The molecule has 2 rings (SSSR count). The van der Waals surface area contributed by atoms with E-state index in [4.69, 9.17) is 4.74 Å². The van der Waals surface area contributed by atoms with Gasteiger partial charge in [0.2, 0.25) is 5.82 Å². The molecule has 1 aromatic heterocycles. The van der Waals surface area contributed by atoms with Crippen molar-refractivity contribution in [3.05, 3.63) is 46.1 Å². The van der Waals surface area contributed by atoms with Crippen molar-refractivity contribution >= 4 is 5.91 Å². The van der Waals surface area contributed by atoms with E-state index in [1.54, 1.807) is 7.11 Å². The molecule has 2 aromatic rings. The summed E-state index contributed by atoms with van der Waals surface area (Å²) >= 11 is 0. The van der Waals surface area contributed by atoms with Crippen molar-refractivity contribution in [1.82, 2.24) is 20.5 Å². The molecule has 1 unspecified atom stereocenters. The predicted molar refractivity (Wildman–Crippen MR) is 81.9 cm³/mol. The van der Waals surface area contributed by atoms with Gasteiger partial charge in [0.05, 0.1) is 13.2 Å². The van der Waals surface area contributed by atoms with E-state index in [1.807, 2.05) is 24.3 Å². The standard InChI is InChI=1S/C15H20N4O3/c1-9(2)8-11(10-6-4-5-7-12(10)22-3)16-14(20)13-17-15(21)19-18-13/h4-7,9,11H,8H2,1-3H3,(H,16,20)(H2,17,18,19,21). The Hall–Kier alpha value is -2.57. The second-order valence-electron chi connectivity index (χ2n) is 5.42. The van der Waals surface area contributed by atoms with E-state index in [1.165, 1.54) is 0 Å². The number of benzene rings is 1. The molecule has 0 radical (unpaired) electrons. The van der Waals surface area contributed by atoms with Gasteiger partial charge in [0, 0.05) is 5.56 Å². The first-order valence-electron chi connectivity index (χ1n) is 7.09. The molecular weight excluding hydrogens is 284 g/mol. The molecule has 3 N–H and O–H groups in total. The summed E-state index contributed by atoms with van der Waals surface area (Å²) in [5.74, 6) is 0.612. The lowest BCUT2D eigenvalue weighted by atomic mass is 9.96. The molecule has 118 valence electrons. The van der Waals surface area contributed by atoms with Crippen LogP contribution in [0.15, 0.2) is 29.1 Å². The number of carbonyl (C=O) groups excluding carboxylic acids is 1. The fraction of sp³-hybridized carbons (Fsp3) is 0.400. The number of aromatic amines is 2. The molecule has 0 aliphatic heterocycles. The van der Waals surface area contributed by atoms with Crippen molar-refractivity contribution in [2.45, 2.75) is 26.3 Å². The Bertz CT molecular complexity index is 690. The van der Waals surface area contributed by atoms with Crippen LogP contribution < -0.4 is 15.7 Å². The van der Waals surface area contributed by atoms with Gasteiger partial charge in [-0.05, 0) is 18.4 Å². The number of nitrogens with one attached hydrogen (secondary N) is 3. The van der Waals surface area contributed by atoms with Crippen molar-refractivity contribution in [3.8, 4) is 5.75 Å². The van der Waals surface area contributed by atoms with Gasteiger partial charge in [0.15, 0.2) is 0 Å². The normalized spacial score (nSPS) is 12.2. The number of rotatable bonds is 6. The number of hydrogen-bond acceptors (Lipinski definition) is 4. The van der Waals surface area contributed by atoms with Gasteiger partial charge in [-0.25, -0.2) is 9.89 Å². The van der Waals surface area contributed by atoms with Crippen molar-refractivity contribution in [2.75, 3.05) is 7.11 Å². The minimum atomic E-state index is -0.511. The fourth-order valence-corrected chi connectivity index (χ4v) is 2.29. The Labute approximate surface area is 128 Å². The van der Waals surface area contributed by atoms with Crippen LogP contribution in [0.4, 0.5) is 0 Å². The van der Waals surface area contributed by atoms with Crippen LogP contribution in [-0.4, -0.2) is 28.2 Å². The molecule has 1 amide bonds. The van der Waals surface area contributed by atoms with Crippen molar-refractivity contribution < 1.29 is 9.53 Å². The van der Waals surface area contributed by atoms with Gasteiger partial charge in [0.1, 0.15) is 5.75 Å². The molecule has 0 bridgehead atoms. The highest BCUT2D eigenvalue weighted by Crippen LogP contribution is 2.29. The molecule has 1 aromatic carbocycles. The van der Waals surface area contributed by atoms with E-state index in [0.29, 0.717) is 11.7 Å². The van der Waals surface area contributed by atoms with E-state index in [2.05, 4.69) is 34.3 Å². The van der Waals surface area contributed by atoms with Crippen molar-refractivity contribution in [1.29, 1.82) is 0 Å². The van der Waals surface area contributed by atoms with Gasteiger partial charge in [-0.1, -0.05) is 32.0 Å². The van der Waals surface area contributed by atoms with Crippen LogP contribution in [0.5, 0.6) is 5.75 Å². The smallest absolute Gasteiger partial charge is 0.341 e. The third-order valence-electron chi connectivity index (χ3n) is 3.24. The van der Waals surface area contributed by atoms with Crippen LogP contribution in [0.1, 0.15) is 42.5 Å². The summed E-state index contributed by atoms with van der Waals surface area (Å²) in [4.78, 5) is 25.6. The SMILES string of the molecule is COc1ccccc1C(CC(C)C)NC(=O)c1n[nH]c(=O)[nH]1. The molecule has 1 atom stereocenters. The largest absolute Gasteiger partial charge is 0.496 e. The maximum Gasteiger partial charge on any atom is 0.341 e. The maximum atomic E-state index is 12.2. The van der Waals surface area contributed by atoms with Crippen LogP contribution >= 0.6 is 0 Å². The van der Waals surface area contributed by atoms with Crippen LogP contribution in [-0.2, 0) is 0 Å². The second kappa shape index (κ2) is 6.93. The number of nitrogens with zero attached hydrogens (tertiary/aromatic N) is 1. The number of amides is 1. The third kappa shape index (κ3) is 3.75. The molecule has 7 heteroatoms. The topological polar surface area (TPSA) is 99.9 Å². The summed E-state index contributed by atoms with van der Waals surface area (Å²) in [6, 6.07) is 7.31. The number of hydrogen-bond donors (Lipinski definition) is 3. The first-order valence-corrected chi connectivity index (χ1v) is 7.09. The lowest BCUT2D eigenvalue weighted by molar-refractivity contribution is 0.0921. The zero-order valence-electron chi connectivity index (χ0n) is 12.8. The van der Waals surface area contributed by atoms with Crippen molar-refractivity contribution in [3.63, 3.8) is 0 Å². The quantitative estimate of drug-likeness (QED) is 0.755. The van der Waals surface area contributed by atoms with Crippen LogP contribution in [0.2, 0.25) is 0 Å².